The minimum Gasteiger partial charge on any atom is -0.508 e. The van der Waals surface area contributed by atoms with Crippen LogP contribution >= 0.6 is 11.6 Å². The molecule has 0 saturated carbocycles. The fourth-order valence-corrected chi connectivity index (χ4v) is 2.71. The van der Waals surface area contributed by atoms with Gasteiger partial charge >= 0.3 is 5.97 Å². The van der Waals surface area contributed by atoms with Gasteiger partial charge in [0.05, 0.1) is 19.2 Å². The first-order valence-electron chi connectivity index (χ1n) is 8.23. The SMILES string of the molecule is COC(=O)c1ccc(O)c(CN(C(=O)CCl)c2ccc(C(C)C)cc2)c1. The molecule has 2 aromatic rings. The van der Waals surface area contributed by atoms with Crippen molar-refractivity contribution in [1.82, 2.24) is 0 Å². The van der Waals surface area contributed by atoms with Gasteiger partial charge in [0.15, 0.2) is 0 Å². The number of nitrogens with zero attached hydrogens (tertiary/aromatic N) is 1. The van der Waals surface area contributed by atoms with E-state index in [0.29, 0.717) is 22.7 Å². The third-order valence-electron chi connectivity index (χ3n) is 4.12. The fraction of sp³-hybridized carbons (Fsp3) is 0.300. The van der Waals surface area contributed by atoms with Gasteiger partial charge in [-0.25, -0.2) is 4.79 Å². The molecule has 1 N–H and O–H groups in total. The number of halogens is 1. The summed E-state index contributed by atoms with van der Waals surface area (Å²) in [6.07, 6.45) is 0. The number of amides is 1. The second kappa shape index (κ2) is 8.72. The van der Waals surface area contributed by atoms with Crippen molar-refractivity contribution < 1.29 is 19.4 Å². The van der Waals surface area contributed by atoms with Gasteiger partial charge in [0, 0.05) is 11.3 Å². The Labute approximate surface area is 158 Å². The Hall–Kier alpha value is -2.53. The predicted octanol–water partition coefficient (Wildman–Crippen LogP) is 4.07. The van der Waals surface area contributed by atoms with Gasteiger partial charge in [-0.3, -0.25) is 4.79 Å². The highest BCUT2D eigenvalue weighted by molar-refractivity contribution is 6.29. The van der Waals surface area contributed by atoms with Gasteiger partial charge in [-0.2, -0.15) is 0 Å². The van der Waals surface area contributed by atoms with Crippen LogP contribution in [-0.2, 0) is 16.1 Å². The van der Waals surface area contributed by atoms with Gasteiger partial charge in [-0.15, -0.1) is 11.6 Å². The Kier molecular flexibility index (Phi) is 6.64. The summed E-state index contributed by atoms with van der Waals surface area (Å²) in [5.41, 5.74) is 2.55. The van der Waals surface area contributed by atoms with Crippen molar-refractivity contribution in [3.05, 3.63) is 59.2 Å². The largest absolute Gasteiger partial charge is 0.508 e. The number of methoxy groups -OCH3 is 1. The number of phenolic OH excluding ortho intramolecular Hbond substituents is 1. The van der Waals surface area contributed by atoms with E-state index in [9.17, 15) is 14.7 Å². The topological polar surface area (TPSA) is 66.8 Å². The number of esters is 1. The number of rotatable bonds is 6. The molecule has 2 aromatic carbocycles. The molecule has 0 fully saturated rings. The predicted molar refractivity (Wildman–Crippen MR) is 102 cm³/mol. The summed E-state index contributed by atoms with van der Waals surface area (Å²) in [6.45, 7) is 4.27. The molecule has 0 aliphatic heterocycles. The molecule has 0 saturated heterocycles. The zero-order valence-corrected chi connectivity index (χ0v) is 15.8. The normalized spacial score (nSPS) is 10.7. The highest BCUT2D eigenvalue weighted by Gasteiger charge is 2.18. The Balaban J connectivity index is 2.37. The molecule has 1 amide bonds. The van der Waals surface area contributed by atoms with E-state index in [1.54, 1.807) is 0 Å². The lowest BCUT2D eigenvalue weighted by molar-refractivity contribution is -0.116. The molecule has 5 nitrogen and oxygen atoms in total. The van der Waals surface area contributed by atoms with Gasteiger partial charge in [0.2, 0.25) is 5.91 Å². The summed E-state index contributed by atoms with van der Waals surface area (Å²) >= 11 is 5.76. The van der Waals surface area contributed by atoms with E-state index < -0.39 is 5.97 Å². The summed E-state index contributed by atoms with van der Waals surface area (Å²) in [5.74, 6) is -0.635. The van der Waals surface area contributed by atoms with Gasteiger partial charge in [-0.1, -0.05) is 26.0 Å². The number of anilines is 1. The number of carbonyl (C=O) groups excluding carboxylic acids is 2. The first-order chi connectivity index (χ1) is 12.4. The number of phenols is 1. The van der Waals surface area contributed by atoms with Crippen molar-refractivity contribution in [2.45, 2.75) is 26.3 Å². The zero-order chi connectivity index (χ0) is 19.3. The highest BCUT2D eigenvalue weighted by atomic mass is 35.5. The Bertz CT molecular complexity index is 787. The first kappa shape index (κ1) is 19.8. The van der Waals surface area contributed by atoms with Gasteiger partial charge in [0.1, 0.15) is 11.6 Å². The summed E-state index contributed by atoms with van der Waals surface area (Å²) < 4.78 is 4.70. The average Bonchev–Trinajstić information content (AvgIpc) is 2.66. The van der Waals surface area contributed by atoms with Crippen LogP contribution in [0, 0.1) is 0 Å². The fourth-order valence-electron chi connectivity index (χ4n) is 2.56. The lowest BCUT2D eigenvalue weighted by atomic mass is 10.0. The van der Waals surface area contributed by atoms with Crippen LogP contribution in [0.25, 0.3) is 0 Å². The third kappa shape index (κ3) is 4.55. The Morgan fingerprint density at radius 3 is 2.35 bits per heavy atom. The molecule has 0 heterocycles. The number of aromatic hydroxyl groups is 1. The molecule has 2 rings (SSSR count). The first-order valence-corrected chi connectivity index (χ1v) is 8.77. The molecule has 0 atom stereocenters. The quantitative estimate of drug-likeness (QED) is 0.610. The van der Waals surface area contributed by atoms with E-state index in [-0.39, 0.29) is 24.1 Å². The smallest absolute Gasteiger partial charge is 0.337 e. The third-order valence-corrected chi connectivity index (χ3v) is 4.34. The maximum atomic E-state index is 12.3. The van der Waals surface area contributed by atoms with Crippen molar-refractivity contribution in [3.8, 4) is 5.75 Å². The number of ether oxygens (including phenoxy) is 1. The van der Waals surface area contributed by atoms with Crippen LogP contribution in [0.1, 0.15) is 41.3 Å². The van der Waals surface area contributed by atoms with Gasteiger partial charge < -0.3 is 14.7 Å². The van der Waals surface area contributed by atoms with E-state index >= 15 is 0 Å². The number of hydrogen-bond donors (Lipinski definition) is 1. The molecule has 0 radical (unpaired) electrons. The van der Waals surface area contributed by atoms with E-state index in [1.165, 1.54) is 30.2 Å². The van der Waals surface area contributed by atoms with E-state index in [4.69, 9.17) is 16.3 Å². The maximum Gasteiger partial charge on any atom is 0.337 e. The summed E-state index contributed by atoms with van der Waals surface area (Å²) in [5, 5.41) is 10.1. The Morgan fingerprint density at radius 2 is 1.81 bits per heavy atom. The molecule has 0 aliphatic rings. The number of hydrogen-bond acceptors (Lipinski definition) is 4. The van der Waals surface area contributed by atoms with E-state index in [2.05, 4.69) is 13.8 Å². The van der Waals surface area contributed by atoms with Crippen LogP contribution in [0.15, 0.2) is 42.5 Å². The summed E-state index contributed by atoms with van der Waals surface area (Å²) in [4.78, 5) is 25.5. The average molecular weight is 376 g/mol. The molecule has 6 heteroatoms. The van der Waals surface area contributed by atoms with E-state index in [0.717, 1.165) is 5.56 Å². The summed E-state index contributed by atoms with van der Waals surface area (Å²) in [6, 6.07) is 12.0. The molecule has 26 heavy (non-hydrogen) atoms. The second-order valence-corrected chi connectivity index (χ2v) is 6.46. The van der Waals surface area contributed by atoms with Crippen molar-refractivity contribution in [2.75, 3.05) is 17.9 Å². The van der Waals surface area contributed by atoms with Crippen LogP contribution < -0.4 is 4.90 Å². The van der Waals surface area contributed by atoms with Crippen LogP contribution in [0.3, 0.4) is 0 Å². The van der Waals surface area contributed by atoms with Crippen molar-refractivity contribution >= 4 is 29.2 Å². The Morgan fingerprint density at radius 1 is 1.15 bits per heavy atom. The van der Waals surface area contributed by atoms with Gasteiger partial charge in [-0.05, 0) is 41.8 Å². The van der Waals surface area contributed by atoms with Crippen molar-refractivity contribution in [3.63, 3.8) is 0 Å². The lowest BCUT2D eigenvalue weighted by Gasteiger charge is -2.23. The molecule has 0 unspecified atom stereocenters. The minimum atomic E-state index is -0.511. The van der Waals surface area contributed by atoms with Crippen LogP contribution in [0.4, 0.5) is 5.69 Å². The van der Waals surface area contributed by atoms with E-state index in [1.807, 2.05) is 24.3 Å². The molecular weight excluding hydrogens is 354 g/mol. The zero-order valence-electron chi connectivity index (χ0n) is 15.0. The van der Waals surface area contributed by atoms with Crippen LogP contribution in [0.2, 0.25) is 0 Å². The van der Waals surface area contributed by atoms with Crippen LogP contribution in [0.5, 0.6) is 5.75 Å². The van der Waals surface area contributed by atoms with Crippen molar-refractivity contribution in [2.24, 2.45) is 0 Å². The highest BCUT2D eigenvalue weighted by Crippen LogP contribution is 2.26. The molecule has 0 bridgehead atoms. The molecule has 138 valence electrons. The van der Waals surface area contributed by atoms with Crippen molar-refractivity contribution in [1.29, 1.82) is 0 Å². The molecular formula is C20H22ClNO4. The van der Waals surface area contributed by atoms with Gasteiger partial charge in [0.25, 0.3) is 0 Å². The number of alkyl halides is 1. The minimum absolute atomic E-state index is 0.0103. The summed E-state index contributed by atoms with van der Waals surface area (Å²) in [7, 11) is 1.29. The standard InChI is InChI=1S/C20H22ClNO4/c1-13(2)14-4-7-17(8-5-14)22(19(24)11-21)12-16-10-15(20(25)26-3)6-9-18(16)23/h4-10,13,23H,11-12H2,1-3H3. The number of benzene rings is 2. The number of carbonyl (C=O) groups is 2. The second-order valence-electron chi connectivity index (χ2n) is 6.19. The molecule has 0 spiro atoms. The molecule has 0 aliphatic carbocycles. The maximum absolute atomic E-state index is 12.3. The van der Waals surface area contributed by atoms with Crippen LogP contribution in [-0.4, -0.2) is 30.0 Å². The molecule has 0 aromatic heterocycles. The monoisotopic (exact) mass is 375 g/mol. The lowest BCUT2D eigenvalue weighted by Crippen LogP contribution is -2.31.